The largest absolute Gasteiger partial charge is 0.309 e. The lowest BCUT2D eigenvalue weighted by atomic mass is 9.84. The van der Waals surface area contributed by atoms with Crippen molar-refractivity contribution in [1.82, 2.24) is 10.2 Å². The first-order valence-electron chi connectivity index (χ1n) is 7.51. The lowest BCUT2D eigenvalue weighted by Crippen LogP contribution is -2.23. The summed E-state index contributed by atoms with van der Waals surface area (Å²) in [5.74, 6) is 0.461. The van der Waals surface area contributed by atoms with Crippen molar-refractivity contribution in [3.63, 3.8) is 0 Å². The molecule has 1 aliphatic rings. The number of amides is 1. The van der Waals surface area contributed by atoms with Crippen LogP contribution in [0.3, 0.4) is 0 Å². The quantitative estimate of drug-likeness (QED) is 0.688. The Morgan fingerprint density at radius 2 is 1.58 bits per heavy atom. The van der Waals surface area contributed by atoms with Crippen LogP contribution in [-0.4, -0.2) is 16.1 Å². The van der Waals surface area contributed by atoms with E-state index in [-0.39, 0.29) is 11.8 Å². The molecule has 2 aromatic carbocycles. The third-order valence-electron chi connectivity index (χ3n) is 4.21. The Hall–Kier alpha value is -2.30. The number of rotatable bonds is 2. The number of H-pyrrole nitrogens is 1. The molecule has 0 bridgehead atoms. The fraction of sp³-hybridized carbons (Fsp3) is 0.111. The molecule has 0 saturated carbocycles. The first-order valence-corrected chi connectivity index (χ1v) is 8.27. The molecule has 4 nitrogen and oxygen atoms in total. The van der Waals surface area contributed by atoms with Crippen LogP contribution in [0.1, 0.15) is 23.5 Å². The normalized spacial score (nSPS) is 16.6. The van der Waals surface area contributed by atoms with Gasteiger partial charge in [-0.1, -0.05) is 47.5 Å². The maximum atomic E-state index is 12.1. The van der Waals surface area contributed by atoms with E-state index in [1.165, 1.54) is 0 Å². The monoisotopic (exact) mass is 357 g/mol. The molecule has 1 aliphatic heterocycles. The minimum absolute atomic E-state index is 0.0448. The van der Waals surface area contributed by atoms with E-state index < -0.39 is 0 Å². The van der Waals surface area contributed by atoms with Gasteiger partial charge >= 0.3 is 0 Å². The Kier molecular flexibility index (Phi) is 3.79. The standard InChI is InChI=1S/C18H13Cl2N3O/c19-12-5-1-10(2-6-12)14-9-15(24)21-18-16(14)17(22-23-18)11-3-7-13(20)8-4-11/h1-8,14H,9H2,(H2,21,22,23,24). The number of halogens is 2. The number of fused-ring (bicyclic) bond motifs is 1. The zero-order chi connectivity index (χ0) is 16.7. The Labute approximate surface area is 148 Å². The van der Waals surface area contributed by atoms with Crippen molar-refractivity contribution in [2.75, 3.05) is 5.32 Å². The van der Waals surface area contributed by atoms with Gasteiger partial charge in [0.1, 0.15) is 0 Å². The average molecular weight is 358 g/mol. The number of carbonyl (C=O) groups excluding carboxylic acids is 1. The summed E-state index contributed by atoms with van der Waals surface area (Å²) in [5, 5.41) is 11.5. The van der Waals surface area contributed by atoms with Crippen LogP contribution in [0.5, 0.6) is 0 Å². The number of nitrogens with one attached hydrogen (secondary N) is 2. The second kappa shape index (κ2) is 5.96. The van der Waals surface area contributed by atoms with E-state index in [0.29, 0.717) is 22.3 Å². The molecular weight excluding hydrogens is 345 g/mol. The molecule has 6 heteroatoms. The molecule has 1 aromatic heterocycles. The zero-order valence-corrected chi connectivity index (χ0v) is 14.0. The van der Waals surface area contributed by atoms with Gasteiger partial charge in [-0.3, -0.25) is 9.89 Å². The van der Waals surface area contributed by atoms with Gasteiger partial charge in [0.25, 0.3) is 0 Å². The van der Waals surface area contributed by atoms with Crippen LogP contribution in [0.25, 0.3) is 11.3 Å². The smallest absolute Gasteiger partial charge is 0.226 e. The van der Waals surface area contributed by atoms with E-state index in [2.05, 4.69) is 15.5 Å². The number of nitrogens with zero attached hydrogens (tertiary/aromatic N) is 1. The molecule has 120 valence electrons. The molecule has 0 fully saturated rings. The average Bonchev–Trinajstić information content (AvgIpc) is 2.99. The summed E-state index contributed by atoms with van der Waals surface area (Å²) in [6.45, 7) is 0. The highest BCUT2D eigenvalue weighted by atomic mass is 35.5. The molecule has 0 saturated heterocycles. The van der Waals surface area contributed by atoms with E-state index in [1.807, 2.05) is 48.5 Å². The molecule has 2 N–H and O–H groups in total. The van der Waals surface area contributed by atoms with Crippen LogP contribution in [0.4, 0.5) is 5.82 Å². The molecule has 1 amide bonds. The van der Waals surface area contributed by atoms with E-state index in [0.717, 1.165) is 22.4 Å². The molecule has 4 rings (SSSR count). The zero-order valence-electron chi connectivity index (χ0n) is 12.5. The summed E-state index contributed by atoms with van der Waals surface area (Å²) in [4.78, 5) is 12.1. The minimum Gasteiger partial charge on any atom is -0.309 e. The van der Waals surface area contributed by atoms with Crippen molar-refractivity contribution in [2.24, 2.45) is 0 Å². The van der Waals surface area contributed by atoms with Crippen LogP contribution < -0.4 is 5.32 Å². The van der Waals surface area contributed by atoms with Gasteiger partial charge < -0.3 is 5.32 Å². The summed E-state index contributed by atoms with van der Waals surface area (Å²) in [6, 6.07) is 15.1. The number of hydrogen-bond acceptors (Lipinski definition) is 2. The topological polar surface area (TPSA) is 57.8 Å². The number of anilines is 1. The molecule has 24 heavy (non-hydrogen) atoms. The van der Waals surface area contributed by atoms with E-state index in [1.54, 1.807) is 0 Å². The van der Waals surface area contributed by atoms with Crippen molar-refractivity contribution in [3.05, 3.63) is 69.7 Å². The van der Waals surface area contributed by atoms with E-state index in [9.17, 15) is 4.79 Å². The molecule has 3 aromatic rings. The Morgan fingerprint density at radius 3 is 2.25 bits per heavy atom. The SMILES string of the molecule is O=C1CC(c2ccc(Cl)cc2)c2c(n[nH]c2-c2ccc(Cl)cc2)N1. The first-order chi connectivity index (χ1) is 11.6. The predicted molar refractivity (Wildman–Crippen MR) is 95.6 cm³/mol. The van der Waals surface area contributed by atoms with Crippen LogP contribution in [-0.2, 0) is 4.79 Å². The van der Waals surface area contributed by atoms with Crippen molar-refractivity contribution in [1.29, 1.82) is 0 Å². The number of benzene rings is 2. The maximum absolute atomic E-state index is 12.1. The summed E-state index contributed by atoms with van der Waals surface area (Å²) in [6.07, 6.45) is 0.370. The van der Waals surface area contributed by atoms with Gasteiger partial charge in [0.2, 0.25) is 5.91 Å². The van der Waals surface area contributed by atoms with Gasteiger partial charge in [-0.2, -0.15) is 5.10 Å². The van der Waals surface area contributed by atoms with Crippen LogP contribution >= 0.6 is 23.2 Å². The molecule has 1 unspecified atom stereocenters. The lowest BCUT2D eigenvalue weighted by Gasteiger charge is -2.23. The summed E-state index contributed by atoms with van der Waals surface area (Å²) in [5.41, 5.74) is 3.89. The fourth-order valence-corrected chi connectivity index (χ4v) is 3.32. The van der Waals surface area contributed by atoms with Gasteiger partial charge in [-0.05, 0) is 29.8 Å². The molecule has 1 atom stereocenters. The number of aromatic nitrogens is 2. The highest BCUT2D eigenvalue weighted by molar-refractivity contribution is 6.30. The van der Waals surface area contributed by atoms with Gasteiger partial charge in [-0.15, -0.1) is 0 Å². The van der Waals surface area contributed by atoms with Gasteiger partial charge in [0.15, 0.2) is 5.82 Å². The molecule has 0 radical (unpaired) electrons. The second-order valence-corrected chi connectivity index (χ2v) is 6.60. The fourth-order valence-electron chi connectivity index (χ4n) is 3.07. The number of aromatic amines is 1. The number of hydrogen-bond donors (Lipinski definition) is 2. The Balaban J connectivity index is 1.85. The van der Waals surface area contributed by atoms with Crippen molar-refractivity contribution >= 4 is 34.9 Å². The minimum atomic E-state index is -0.0737. The highest BCUT2D eigenvalue weighted by Gasteiger charge is 2.31. The molecule has 0 spiro atoms. The first kappa shape index (κ1) is 15.2. The molecular formula is C18H13Cl2N3O. The van der Waals surface area contributed by atoms with Crippen LogP contribution in [0.15, 0.2) is 48.5 Å². The van der Waals surface area contributed by atoms with E-state index in [4.69, 9.17) is 23.2 Å². The third-order valence-corrected chi connectivity index (χ3v) is 4.71. The van der Waals surface area contributed by atoms with E-state index >= 15 is 0 Å². The lowest BCUT2D eigenvalue weighted by molar-refractivity contribution is -0.116. The van der Waals surface area contributed by atoms with Crippen LogP contribution in [0.2, 0.25) is 10.0 Å². The third kappa shape index (κ3) is 2.68. The Bertz CT molecular complexity index is 901. The summed E-state index contributed by atoms with van der Waals surface area (Å²) < 4.78 is 0. The molecule has 0 aliphatic carbocycles. The highest BCUT2D eigenvalue weighted by Crippen LogP contribution is 2.41. The van der Waals surface area contributed by atoms with Gasteiger partial charge in [-0.25, -0.2) is 0 Å². The number of carbonyl (C=O) groups is 1. The molecule has 2 heterocycles. The predicted octanol–water partition coefficient (Wildman–Crippen LogP) is 4.86. The van der Waals surface area contributed by atoms with Crippen molar-refractivity contribution < 1.29 is 4.79 Å². The Morgan fingerprint density at radius 1 is 0.958 bits per heavy atom. The summed E-state index contributed by atoms with van der Waals surface area (Å²) in [7, 11) is 0. The van der Waals surface area contributed by atoms with Crippen LogP contribution in [0, 0.1) is 0 Å². The second-order valence-electron chi connectivity index (χ2n) is 5.72. The maximum Gasteiger partial charge on any atom is 0.226 e. The van der Waals surface area contributed by atoms with Gasteiger partial charge in [0, 0.05) is 33.5 Å². The van der Waals surface area contributed by atoms with Crippen molar-refractivity contribution in [3.8, 4) is 11.3 Å². The summed E-state index contributed by atoms with van der Waals surface area (Å²) >= 11 is 12.0. The van der Waals surface area contributed by atoms with Gasteiger partial charge in [0.05, 0.1) is 5.69 Å². The van der Waals surface area contributed by atoms with Crippen molar-refractivity contribution in [2.45, 2.75) is 12.3 Å².